The van der Waals surface area contributed by atoms with E-state index < -0.39 is 0 Å². The van der Waals surface area contributed by atoms with Gasteiger partial charge in [-0.05, 0) is 40.3 Å². The molecule has 0 aliphatic carbocycles. The van der Waals surface area contributed by atoms with Gasteiger partial charge in [0, 0.05) is 13.0 Å². The lowest BCUT2D eigenvalue weighted by atomic mass is 10.1. The number of benzene rings is 2. The SMILES string of the molecule is COc1ccc2cc(CNC(=O)CCS)ccc2c1. The molecule has 4 heteroatoms. The van der Waals surface area contributed by atoms with Gasteiger partial charge in [-0.25, -0.2) is 0 Å². The maximum atomic E-state index is 11.4. The van der Waals surface area contributed by atoms with Gasteiger partial charge in [0.2, 0.25) is 5.91 Å². The second-order valence-corrected chi connectivity index (χ2v) is 4.74. The molecule has 0 aliphatic rings. The average Bonchev–Trinajstić information content (AvgIpc) is 2.44. The van der Waals surface area contributed by atoms with Crippen LogP contribution in [0.4, 0.5) is 0 Å². The first-order chi connectivity index (χ1) is 9.22. The third kappa shape index (κ3) is 3.64. The number of rotatable bonds is 5. The van der Waals surface area contributed by atoms with Gasteiger partial charge in [0.05, 0.1) is 7.11 Å². The Labute approximate surface area is 118 Å². The van der Waals surface area contributed by atoms with Gasteiger partial charge in [-0.1, -0.05) is 18.2 Å². The van der Waals surface area contributed by atoms with Crippen molar-refractivity contribution in [2.45, 2.75) is 13.0 Å². The highest BCUT2D eigenvalue weighted by Gasteiger charge is 2.01. The van der Waals surface area contributed by atoms with Crippen LogP contribution in [0.5, 0.6) is 5.75 Å². The van der Waals surface area contributed by atoms with Gasteiger partial charge in [0.25, 0.3) is 0 Å². The van der Waals surface area contributed by atoms with Crippen LogP contribution >= 0.6 is 12.6 Å². The van der Waals surface area contributed by atoms with Gasteiger partial charge < -0.3 is 10.1 Å². The molecule has 0 atom stereocenters. The minimum atomic E-state index is 0.0322. The molecule has 0 bridgehead atoms. The molecule has 0 aliphatic heterocycles. The van der Waals surface area contributed by atoms with Crippen molar-refractivity contribution >= 4 is 29.3 Å². The lowest BCUT2D eigenvalue weighted by Crippen LogP contribution is -2.22. The first-order valence-corrected chi connectivity index (χ1v) is 6.80. The number of carbonyl (C=O) groups excluding carboxylic acids is 1. The Morgan fingerprint density at radius 1 is 1.21 bits per heavy atom. The maximum Gasteiger partial charge on any atom is 0.221 e. The van der Waals surface area contributed by atoms with E-state index in [-0.39, 0.29) is 5.91 Å². The fourth-order valence-electron chi connectivity index (χ4n) is 1.90. The molecule has 0 saturated heterocycles. The third-order valence-corrected chi connectivity index (χ3v) is 3.16. The predicted octanol–water partition coefficient (Wildman–Crippen LogP) is 2.78. The topological polar surface area (TPSA) is 38.3 Å². The van der Waals surface area contributed by atoms with Crippen LogP contribution in [0.3, 0.4) is 0 Å². The van der Waals surface area contributed by atoms with Crippen molar-refractivity contribution in [2.24, 2.45) is 0 Å². The first-order valence-electron chi connectivity index (χ1n) is 6.17. The zero-order chi connectivity index (χ0) is 13.7. The molecule has 0 unspecified atom stereocenters. The third-order valence-electron chi connectivity index (χ3n) is 2.94. The molecule has 0 spiro atoms. The molecule has 2 aromatic rings. The Morgan fingerprint density at radius 3 is 2.68 bits per heavy atom. The van der Waals surface area contributed by atoms with E-state index in [2.05, 4.69) is 24.0 Å². The molecular weight excluding hydrogens is 258 g/mol. The number of ether oxygens (including phenoxy) is 1. The lowest BCUT2D eigenvalue weighted by molar-refractivity contribution is -0.120. The largest absolute Gasteiger partial charge is 0.497 e. The smallest absolute Gasteiger partial charge is 0.221 e. The fraction of sp³-hybridized carbons (Fsp3) is 0.267. The van der Waals surface area contributed by atoms with Crippen LogP contribution in [0.15, 0.2) is 36.4 Å². The fourth-order valence-corrected chi connectivity index (χ4v) is 2.10. The quantitative estimate of drug-likeness (QED) is 0.824. The van der Waals surface area contributed by atoms with E-state index in [0.29, 0.717) is 18.7 Å². The maximum absolute atomic E-state index is 11.4. The second kappa shape index (κ2) is 6.48. The summed E-state index contributed by atoms with van der Waals surface area (Å²) >= 11 is 4.03. The standard InChI is InChI=1S/C15H17NO2S/c1-18-14-5-4-12-8-11(2-3-13(12)9-14)10-16-15(17)6-7-19/h2-5,8-9,19H,6-7,10H2,1H3,(H,16,17). The number of nitrogens with one attached hydrogen (secondary N) is 1. The van der Waals surface area contributed by atoms with Crippen LogP contribution < -0.4 is 10.1 Å². The molecule has 1 amide bonds. The van der Waals surface area contributed by atoms with Crippen LogP contribution in [0, 0.1) is 0 Å². The molecule has 2 aromatic carbocycles. The summed E-state index contributed by atoms with van der Waals surface area (Å²) in [6.45, 7) is 0.550. The van der Waals surface area contributed by atoms with E-state index in [9.17, 15) is 4.79 Å². The van der Waals surface area contributed by atoms with Crippen LogP contribution in [-0.4, -0.2) is 18.8 Å². The van der Waals surface area contributed by atoms with E-state index >= 15 is 0 Å². The van der Waals surface area contributed by atoms with E-state index in [0.717, 1.165) is 22.1 Å². The van der Waals surface area contributed by atoms with Crippen LogP contribution in [-0.2, 0) is 11.3 Å². The molecule has 2 rings (SSSR count). The number of methoxy groups -OCH3 is 1. The molecule has 0 fully saturated rings. The highest BCUT2D eigenvalue weighted by Crippen LogP contribution is 2.21. The summed E-state index contributed by atoms with van der Waals surface area (Å²) in [4.78, 5) is 11.4. The Balaban J connectivity index is 2.11. The minimum absolute atomic E-state index is 0.0322. The lowest BCUT2D eigenvalue weighted by Gasteiger charge is -2.07. The van der Waals surface area contributed by atoms with Crippen molar-refractivity contribution < 1.29 is 9.53 Å². The summed E-state index contributed by atoms with van der Waals surface area (Å²) in [6.07, 6.45) is 0.452. The second-order valence-electron chi connectivity index (χ2n) is 4.30. The Bertz CT molecular complexity index is 583. The van der Waals surface area contributed by atoms with Gasteiger partial charge >= 0.3 is 0 Å². The van der Waals surface area contributed by atoms with Crippen molar-refractivity contribution in [3.63, 3.8) is 0 Å². The van der Waals surface area contributed by atoms with Gasteiger partial charge in [-0.2, -0.15) is 12.6 Å². The van der Waals surface area contributed by atoms with Crippen LogP contribution in [0.2, 0.25) is 0 Å². The molecule has 0 radical (unpaired) electrons. The monoisotopic (exact) mass is 275 g/mol. The Morgan fingerprint density at radius 2 is 1.95 bits per heavy atom. The van der Waals surface area contributed by atoms with Crippen molar-refractivity contribution in [1.29, 1.82) is 0 Å². The number of hydrogen-bond donors (Lipinski definition) is 2. The molecule has 100 valence electrons. The number of thiol groups is 1. The Hall–Kier alpha value is -1.68. The predicted molar refractivity (Wildman–Crippen MR) is 80.8 cm³/mol. The first kappa shape index (κ1) is 13.7. The molecule has 0 heterocycles. The highest BCUT2D eigenvalue weighted by molar-refractivity contribution is 7.80. The number of carbonyl (C=O) groups is 1. The summed E-state index contributed by atoms with van der Waals surface area (Å²) in [6, 6.07) is 12.1. The summed E-state index contributed by atoms with van der Waals surface area (Å²) in [7, 11) is 1.66. The summed E-state index contributed by atoms with van der Waals surface area (Å²) < 4.78 is 5.19. The number of hydrogen-bond acceptors (Lipinski definition) is 3. The summed E-state index contributed by atoms with van der Waals surface area (Å²) in [5, 5.41) is 5.14. The van der Waals surface area contributed by atoms with E-state index in [1.54, 1.807) is 7.11 Å². The minimum Gasteiger partial charge on any atom is -0.497 e. The number of fused-ring (bicyclic) bond motifs is 1. The molecule has 3 nitrogen and oxygen atoms in total. The summed E-state index contributed by atoms with van der Waals surface area (Å²) in [5.74, 6) is 1.45. The van der Waals surface area contributed by atoms with E-state index in [4.69, 9.17) is 4.74 Å². The molecule has 0 aromatic heterocycles. The zero-order valence-electron chi connectivity index (χ0n) is 10.8. The van der Waals surface area contributed by atoms with Crippen LogP contribution in [0.1, 0.15) is 12.0 Å². The molecule has 19 heavy (non-hydrogen) atoms. The van der Waals surface area contributed by atoms with Crippen molar-refractivity contribution in [2.75, 3.05) is 12.9 Å². The Kier molecular flexibility index (Phi) is 4.68. The normalized spacial score (nSPS) is 10.4. The van der Waals surface area contributed by atoms with Gasteiger partial charge in [0.1, 0.15) is 5.75 Å². The molecule has 0 saturated carbocycles. The summed E-state index contributed by atoms with van der Waals surface area (Å²) in [5.41, 5.74) is 1.09. The van der Waals surface area contributed by atoms with E-state index in [1.165, 1.54) is 0 Å². The van der Waals surface area contributed by atoms with Crippen LogP contribution in [0.25, 0.3) is 10.8 Å². The van der Waals surface area contributed by atoms with Gasteiger partial charge in [0.15, 0.2) is 0 Å². The molecular formula is C15H17NO2S. The molecule has 1 N–H and O–H groups in total. The number of amides is 1. The van der Waals surface area contributed by atoms with Crippen molar-refractivity contribution in [3.8, 4) is 5.75 Å². The average molecular weight is 275 g/mol. The van der Waals surface area contributed by atoms with E-state index in [1.807, 2.05) is 30.3 Å². The van der Waals surface area contributed by atoms with Gasteiger partial charge in [-0.3, -0.25) is 4.79 Å². The van der Waals surface area contributed by atoms with Crippen molar-refractivity contribution in [3.05, 3.63) is 42.0 Å². The zero-order valence-corrected chi connectivity index (χ0v) is 11.7. The highest BCUT2D eigenvalue weighted by atomic mass is 32.1. The van der Waals surface area contributed by atoms with Crippen molar-refractivity contribution in [1.82, 2.24) is 5.32 Å². The van der Waals surface area contributed by atoms with Gasteiger partial charge in [-0.15, -0.1) is 0 Å².